The molecule has 154 valence electrons. The maximum absolute atomic E-state index is 12.9. The number of rotatable bonds is 7. The minimum Gasteiger partial charge on any atom is -0.325 e. The number of sulfonamides is 1. The first-order valence-electron chi connectivity index (χ1n) is 9.92. The Hall–Kier alpha value is -2.51. The molecular weight excluding hydrogens is 388 g/mol. The minimum atomic E-state index is -3.46. The van der Waals surface area contributed by atoms with Crippen molar-refractivity contribution in [2.75, 3.05) is 17.6 Å². The molecule has 0 aliphatic carbocycles. The van der Waals surface area contributed by atoms with E-state index in [4.69, 9.17) is 0 Å². The van der Waals surface area contributed by atoms with Crippen molar-refractivity contribution in [1.82, 2.24) is 4.31 Å². The lowest BCUT2D eigenvalue weighted by Gasteiger charge is -2.33. The zero-order chi connectivity index (χ0) is 20.9. The Bertz CT molecular complexity index is 973. The third-order valence-corrected chi connectivity index (χ3v) is 7.08. The molecule has 1 unspecified atom stereocenters. The summed E-state index contributed by atoms with van der Waals surface area (Å²) in [6.07, 6.45) is 2.57. The highest BCUT2D eigenvalue weighted by Crippen LogP contribution is 2.23. The van der Waals surface area contributed by atoms with Crippen LogP contribution in [-0.4, -0.2) is 42.8 Å². The first-order chi connectivity index (χ1) is 13.9. The van der Waals surface area contributed by atoms with Crippen molar-refractivity contribution in [1.29, 1.82) is 0 Å². The molecule has 0 radical (unpaired) electrons. The van der Waals surface area contributed by atoms with Gasteiger partial charge >= 0.3 is 0 Å². The average molecular weight is 415 g/mol. The van der Waals surface area contributed by atoms with Gasteiger partial charge in [-0.3, -0.25) is 9.59 Å². The second-order valence-corrected chi connectivity index (χ2v) is 9.24. The van der Waals surface area contributed by atoms with Gasteiger partial charge in [-0.05, 0) is 31.4 Å². The molecule has 1 fully saturated rings. The maximum Gasteiger partial charge on any atom is 0.242 e. The number of nitrogens with one attached hydrogen (secondary N) is 1. The molecule has 1 aliphatic rings. The summed E-state index contributed by atoms with van der Waals surface area (Å²) in [7, 11) is -3.46. The number of amides is 1. The number of hydrogen-bond donors (Lipinski definition) is 1. The van der Waals surface area contributed by atoms with E-state index < -0.39 is 16.1 Å². The largest absolute Gasteiger partial charge is 0.325 e. The second kappa shape index (κ2) is 9.33. The molecule has 2 aromatic carbocycles. The molecule has 1 N–H and O–H groups in total. The highest BCUT2D eigenvalue weighted by molar-refractivity contribution is 7.89. The number of benzene rings is 2. The monoisotopic (exact) mass is 414 g/mol. The van der Waals surface area contributed by atoms with E-state index in [0.717, 1.165) is 12.8 Å². The first kappa shape index (κ1) is 21.2. The van der Waals surface area contributed by atoms with E-state index in [2.05, 4.69) is 5.32 Å². The fourth-order valence-corrected chi connectivity index (χ4v) is 5.34. The lowest BCUT2D eigenvalue weighted by Crippen LogP contribution is -2.50. The van der Waals surface area contributed by atoms with Gasteiger partial charge < -0.3 is 5.32 Å². The molecule has 0 bridgehead atoms. The van der Waals surface area contributed by atoms with Crippen LogP contribution in [-0.2, 0) is 14.8 Å². The van der Waals surface area contributed by atoms with E-state index in [1.807, 2.05) is 13.0 Å². The van der Waals surface area contributed by atoms with E-state index in [1.165, 1.54) is 4.31 Å². The van der Waals surface area contributed by atoms with Gasteiger partial charge in [0.25, 0.3) is 0 Å². The summed E-state index contributed by atoms with van der Waals surface area (Å²) in [6.45, 7) is 2.18. The summed E-state index contributed by atoms with van der Waals surface area (Å²) >= 11 is 0. The van der Waals surface area contributed by atoms with Crippen LogP contribution < -0.4 is 5.32 Å². The second-order valence-electron chi connectivity index (χ2n) is 7.20. The summed E-state index contributed by atoms with van der Waals surface area (Å²) in [5, 5.41) is 2.81. The first-order valence-corrected chi connectivity index (χ1v) is 11.5. The molecule has 3 rings (SSSR count). The van der Waals surface area contributed by atoms with Gasteiger partial charge in [0.05, 0.1) is 5.75 Å². The van der Waals surface area contributed by atoms with E-state index in [9.17, 15) is 18.0 Å². The number of piperidine rings is 1. The van der Waals surface area contributed by atoms with Crippen LogP contribution in [0.5, 0.6) is 0 Å². The molecule has 6 nitrogen and oxygen atoms in total. The molecule has 1 amide bonds. The number of nitrogens with zero attached hydrogens (tertiary/aromatic N) is 1. The Morgan fingerprint density at radius 1 is 1.03 bits per heavy atom. The fraction of sp³-hybridized carbons (Fsp3) is 0.364. The highest BCUT2D eigenvalue weighted by Gasteiger charge is 2.36. The van der Waals surface area contributed by atoms with E-state index >= 15 is 0 Å². The van der Waals surface area contributed by atoms with Crippen molar-refractivity contribution < 1.29 is 18.0 Å². The van der Waals surface area contributed by atoms with E-state index in [0.29, 0.717) is 36.2 Å². The average Bonchev–Trinajstić information content (AvgIpc) is 2.74. The molecule has 2 aromatic rings. The van der Waals surface area contributed by atoms with E-state index in [1.54, 1.807) is 48.5 Å². The van der Waals surface area contributed by atoms with Gasteiger partial charge in [-0.15, -0.1) is 0 Å². The standard InChI is InChI=1S/C22H26N2O4S/c1-2-15-29(27,28)24-14-7-6-13-20(24)22(26)23-19-12-8-11-18(16-19)21(25)17-9-4-3-5-10-17/h3-5,8-12,16,20H,2,6-7,13-15H2,1H3,(H,23,26). The van der Waals surface area contributed by atoms with Crippen molar-refractivity contribution in [3.05, 3.63) is 65.7 Å². The summed E-state index contributed by atoms with van der Waals surface area (Å²) in [6, 6.07) is 14.9. The molecule has 29 heavy (non-hydrogen) atoms. The van der Waals surface area contributed by atoms with Gasteiger partial charge in [-0.2, -0.15) is 4.31 Å². The zero-order valence-electron chi connectivity index (χ0n) is 16.5. The molecule has 1 saturated heterocycles. The van der Waals surface area contributed by atoms with Crippen LogP contribution in [0.15, 0.2) is 54.6 Å². The van der Waals surface area contributed by atoms with Crippen LogP contribution in [0.4, 0.5) is 5.69 Å². The van der Waals surface area contributed by atoms with Crippen LogP contribution in [0.25, 0.3) is 0 Å². The Kier molecular flexibility index (Phi) is 6.82. The van der Waals surface area contributed by atoms with Crippen molar-refractivity contribution in [3.63, 3.8) is 0 Å². The third kappa shape index (κ3) is 5.10. The van der Waals surface area contributed by atoms with E-state index in [-0.39, 0.29) is 17.4 Å². The Balaban J connectivity index is 1.77. The van der Waals surface area contributed by atoms with Gasteiger partial charge in [0.15, 0.2) is 5.78 Å². The van der Waals surface area contributed by atoms with Gasteiger partial charge in [0, 0.05) is 23.4 Å². The highest BCUT2D eigenvalue weighted by atomic mass is 32.2. The molecule has 7 heteroatoms. The van der Waals surface area contributed by atoms with Crippen LogP contribution in [0.1, 0.15) is 48.5 Å². The summed E-state index contributed by atoms with van der Waals surface area (Å²) < 4.78 is 26.5. The van der Waals surface area contributed by atoms with Gasteiger partial charge in [0.1, 0.15) is 6.04 Å². The lowest BCUT2D eigenvalue weighted by atomic mass is 10.0. The van der Waals surface area contributed by atoms with Crippen LogP contribution in [0.2, 0.25) is 0 Å². The molecule has 0 aromatic heterocycles. The smallest absolute Gasteiger partial charge is 0.242 e. The number of ketones is 1. The van der Waals surface area contributed by atoms with Crippen LogP contribution in [0.3, 0.4) is 0 Å². The number of carbonyl (C=O) groups excluding carboxylic acids is 2. The SMILES string of the molecule is CCCS(=O)(=O)N1CCCCC1C(=O)Nc1cccc(C(=O)c2ccccc2)c1. The normalized spacial score (nSPS) is 17.6. The third-order valence-electron chi connectivity index (χ3n) is 5.00. The number of carbonyl (C=O) groups is 2. The van der Waals surface area contributed by atoms with Gasteiger partial charge in [-0.25, -0.2) is 8.42 Å². The predicted molar refractivity (Wildman–Crippen MR) is 113 cm³/mol. The Labute approximate surface area is 172 Å². The molecular formula is C22H26N2O4S. The zero-order valence-corrected chi connectivity index (χ0v) is 17.3. The predicted octanol–water partition coefficient (Wildman–Crippen LogP) is 3.45. The van der Waals surface area contributed by atoms with Gasteiger partial charge in [0.2, 0.25) is 15.9 Å². The van der Waals surface area contributed by atoms with Crippen molar-refractivity contribution in [3.8, 4) is 0 Å². The number of anilines is 1. The maximum atomic E-state index is 12.9. The van der Waals surface area contributed by atoms with Crippen LogP contribution in [0, 0.1) is 0 Å². The number of hydrogen-bond acceptors (Lipinski definition) is 4. The molecule has 1 aliphatic heterocycles. The molecule has 1 atom stereocenters. The van der Waals surface area contributed by atoms with Crippen LogP contribution >= 0.6 is 0 Å². The molecule has 0 spiro atoms. The van der Waals surface area contributed by atoms with Gasteiger partial charge in [-0.1, -0.05) is 55.8 Å². The van der Waals surface area contributed by atoms with Crippen molar-refractivity contribution in [2.24, 2.45) is 0 Å². The molecule has 0 saturated carbocycles. The summed E-state index contributed by atoms with van der Waals surface area (Å²) in [4.78, 5) is 25.5. The summed E-state index contributed by atoms with van der Waals surface area (Å²) in [5.74, 6) is -0.446. The molecule has 1 heterocycles. The van der Waals surface area contributed by atoms with Crippen molar-refractivity contribution in [2.45, 2.75) is 38.6 Å². The minimum absolute atomic E-state index is 0.0395. The Morgan fingerprint density at radius 3 is 2.48 bits per heavy atom. The topological polar surface area (TPSA) is 83.6 Å². The van der Waals surface area contributed by atoms with Crippen molar-refractivity contribution >= 4 is 27.4 Å². The lowest BCUT2D eigenvalue weighted by molar-refractivity contribution is -0.120. The quantitative estimate of drug-likeness (QED) is 0.704. The fourth-order valence-electron chi connectivity index (χ4n) is 3.60. The Morgan fingerprint density at radius 2 is 1.76 bits per heavy atom. The summed E-state index contributed by atoms with van der Waals surface area (Å²) in [5.41, 5.74) is 1.52.